The summed E-state index contributed by atoms with van der Waals surface area (Å²) in [5.41, 5.74) is 1.76. The number of halogens is 1. The highest BCUT2D eigenvalue weighted by atomic mass is 35.5. The molecule has 5 heteroatoms. The maximum Gasteiger partial charge on any atom is 0.311 e. The lowest BCUT2D eigenvalue weighted by atomic mass is 10.0. The van der Waals surface area contributed by atoms with Crippen LogP contribution in [-0.4, -0.2) is 18.5 Å². The summed E-state index contributed by atoms with van der Waals surface area (Å²) in [6.07, 6.45) is 0.469. The average molecular weight is 311 g/mol. The van der Waals surface area contributed by atoms with Gasteiger partial charge in [-0.2, -0.15) is 0 Å². The molecule has 0 aliphatic carbocycles. The van der Waals surface area contributed by atoms with Gasteiger partial charge in [0.25, 0.3) is 0 Å². The van der Waals surface area contributed by atoms with Crippen molar-refractivity contribution in [1.29, 1.82) is 0 Å². The second-order valence-corrected chi connectivity index (χ2v) is 6.13. The number of ether oxygens (including phenoxy) is 2. The topological polar surface area (TPSA) is 52.6 Å². The molecule has 0 unspecified atom stereocenters. The van der Waals surface area contributed by atoms with Crippen LogP contribution in [0.3, 0.4) is 0 Å². The molecule has 1 aromatic rings. The first-order valence-electron chi connectivity index (χ1n) is 7.03. The minimum Gasteiger partial charge on any atom is -0.465 e. The monoisotopic (exact) mass is 310 g/mol. The van der Waals surface area contributed by atoms with E-state index in [9.17, 15) is 9.59 Å². The minimum absolute atomic E-state index is 0.0813. The quantitative estimate of drug-likeness (QED) is 0.629. The molecule has 1 aromatic carbocycles. The molecular weight excluding hydrogens is 292 g/mol. The second-order valence-electron chi connectivity index (χ2n) is 5.73. The van der Waals surface area contributed by atoms with Crippen molar-refractivity contribution in [2.45, 2.75) is 39.5 Å². The van der Waals surface area contributed by atoms with Gasteiger partial charge in [-0.1, -0.05) is 25.4 Å². The van der Waals surface area contributed by atoms with Crippen molar-refractivity contribution >= 4 is 23.5 Å². The fourth-order valence-corrected chi connectivity index (χ4v) is 2.75. The van der Waals surface area contributed by atoms with Gasteiger partial charge in [-0.05, 0) is 36.1 Å². The SMILES string of the molecule is Cc1cc(Cl)c(C(C)C)cc1OC(=O)C[C@H]1COC(=O)C1. The third kappa shape index (κ3) is 3.97. The number of cyclic esters (lactones) is 1. The van der Waals surface area contributed by atoms with Gasteiger partial charge < -0.3 is 9.47 Å². The summed E-state index contributed by atoms with van der Waals surface area (Å²) < 4.78 is 10.3. The zero-order chi connectivity index (χ0) is 15.6. The molecule has 1 fully saturated rings. The van der Waals surface area contributed by atoms with E-state index in [1.54, 1.807) is 0 Å². The number of hydrogen-bond acceptors (Lipinski definition) is 4. The fourth-order valence-electron chi connectivity index (χ4n) is 2.32. The molecule has 21 heavy (non-hydrogen) atoms. The molecule has 1 heterocycles. The molecule has 0 saturated carbocycles. The van der Waals surface area contributed by atoms with Crippen molar-refractivity contribution < 1.29 is 19.1 Å². The number of rotatable bonds is 4. The lowest BCUT2D eigenvalue weighted by Crippen LogP contribution is -2.15. The van der Waals surface area contributed by atoms with Crippen LogP contribution < -0.4 is 4.74 Å². The van der Waals surface area contributed by atoms with E-state index in [4.69, 9.17) is 21.1 Å². The van der Waals surface area contributed by atoms with Crippen LogP contribution in [0.4, 0.5) is 0 Å². The van der Waals surface area contributed by atoms with Crippen molar-refractivity contribution in [3.8, 4) is 5.75 Å². The van der Waals surface area contributed by atoms with E-state index in [-0.39, 0.29) is 36.6 Å². The Bertz CT molecular complexity index is 566. The van der Waals surface area contributed by atoms with Crippen molar-refractivity contribution in [3.63, 3.8) is 0 Å². The van der Waals surface area contributed by atoms with Crippen LogP contribution in [0, 0.1) is 12.8 Å². The summed E-state index contributed by atoms with van der Waals surface area (Å²) in [5.74, 6) is 0.0907. The standard InChI is InChI=1S/C16H19ClO4/c1-9(2)12-7-14(10(3)4-13(12)17)21-16(19)6-11-5-15(18)20-8-11/h4,7,9,11H,5-6,8H2,1-3H3/t11-/m0/s1. The number of carbonyl (C=O) groups is 2. The average Bonchev–Trinajstić information content (AvgIpc) is 2.77. The smallest absolute Gasteiger partial charge is 0.311 e. The molecule has 2 rings (SSSR count). The van der Waals surface area contributed by atoms with Crippen LogP contribution in [0.15, 0.2) is 12.1 Å². The first-order chi connectivity index (χ1) is 9.86. The first kappa shape index (κ1) is 15.8. The lowest BCUT2D eigenvalue weighted by Gasteiger charge is -2.14. The number of benzene rings is 1. The van der Waals surface area contributed by atoms with Gasteiger partial charge in [0.15, 0.2) is 0 Å². The van der Waals surface area contributed by atoms with Gasteiger partial charge in [-0.25, -0.2) is 0 Å². The Morgan fingerprint density at radius 1 is 1.48 bits per heavy atom. The number of esters is 2. The third-order valence-corrected chi connectivity index (χ3v) is 3.86. The van der Waals surface area contributed by atoms with Gasteiger partial charge >= 0.3 is 11.9 Å². The van der Waals surface area contributed by atoms with Crippen LogP contribution in [0.25, 0.3) is 0 Å². The third-order valence-electron chi connectivity index (χ3n) is 3.53. The Kier molecular flexibility index (Phi) is 4.88. The molecular formula is C16H19ClO4. The van der Waals surface area contributed by atoms with E-state index < -0.39 is 0 Å². The number of hydrogen-bond donors (Lipinski definition) is 0. The van der Waals surface area contributed by atoms with Gasteiger partial charge in [-0.15, -0.1) is 0 Å². The molecule has 0 bridgehead atoms. The van der Waals surface area contributed by atoms with E-state index in [2.05, 4.69) is 0 Å². The Balaban J connectivity index is 2.06. The molecule has 0 spiro atoms. The van der Waals surface area contributed by atoms with Crippen LogP contribution in [0.1, 0.15) is 43.7 Å². The molecule has 114 valence electrons. The Hall–Kier alpha value is -1.55. The van der Waals surface area contributed by atoms with Crippen LogP contribution >= 0.6 is 11.6 Å². The van der Waals surface area contributed by atoms with Crippen molar-refractivity contribution in [3.05, 3.63) is 28.3 Å². The molecule has 0 radical (unpaired) electrons. The zero-order valence-corrected chi connectivity index (χ0v) is 13.2. The maximum atomic E-state index is 12.0. The normalized spacial score (nSPS) is 18.0. The Morgan fingerprint density at radius 3 is 2.76 bits per heavy atom. The maximum absolute atomic E-state index is 12.0. The lowest BCUT2D eigenvalue weighted by molar-refractivity contribution is -0.138. The number of carbonyl (C=O) groups excluding carboxylic acids is 2. The van der Waals surface area contributed by atoms with Crippen LogP contribution in [0.2, 0.25) is 5.02 Å². The highest BCUT2D eigenvalue weighted by molar-refractivity contribution is 6.31. The molecule has 0 amide bonds. The molecule has 1 aliphatic rings. The van der Waals surface area contributed by atoms with Crippen molar-refractivity contribution in [2.75, 3.05) is 6.61 Å². The van der Waals surface area contributed by atoms with Crippen LogP contribution in [-0.2, 0) is 14.3 Å². The molecule has 0 N–H and O–H groups in total. The first-order valence-corrected chi connectivity index (χ1v) is 7.41. The van der Waals surface area contributed by atoms with E-state index in [0.29, 0.717) is 17.4 Å². The minimum atomic E-state index is -0.349. The highest BCUT2D eigenvalue weighted by Gasteiger charge is 2.27. The molecule has 1 saturated heterocycles. The van der Waals surface area contributed by atoms with Gasteiger partial charge in [0.1, 0.15) is 5.75 Å². The van der Waals surface area contributed by atoms with Gasteiger partial charge in [0, 0.05) is 10.9 Å². The van der Waals surface area contributed by atoms with Crippen LogP contribution in [0.5, 0.6) is 5.75 Å². The summed E-state index contributed by atoms with van der Waals surface area (Å²) >= 11 is 6.19. The van der Waals surface area contributed by atoms with Crippen molar-refractivity contribution in [1.82, 2.24) is 0 Å². The van der Waals surface area contributed by atoms with E-state index >= 15 is 0 Å². The number of aryl methyl sites for hydroxylation is 1. The van der Waals surface area contributed by atoms with Crippen molar-refractivity contribution in [2.24, 2.45) is 5.92 Å². The summed E-state index contributed by atoms with van der Waals surface area (Å²) in [6, 6.07) is 3.62. The highest BCUT2D eigenvalue weighted by Crippen LogP contribution is 2.32. The van der Waals surface area contributed by atoms with E-state index in [0.717, 1.165) is 11.1 Å². The summed E-state index contributed by atoms with van der Waals surface area (Å²) in [6.45, 7) is 6.21. The summed E-state index contributed by atoms with van der Waals surface area (Å²) in [5, 5.41) is 0.678. The van der Waals surface area contributed by atoms with E-state index in [1.807, 2.05) is 32.9 Å². The molecule has 4 nitrogen and oxygen atoms in total. The van der Waals surface area contributed by atoms with Gasteiger partial charge in [-0.3, -0.25) is 9.59 Å². The summed E-state index contributed by atoms with van der Waals surface area (Å²) in [7, 11) is 0. The fraction of sp³-hybridized carbons (Fsp3) is 0.500. The molecule has 1 aliphatic heterocycles. The van der Waals surface area contributed by atoms with E-state index in [1.165, 1.54) is 0 Å². The summed E-state index contributed by atoms with van der Waals surface area (Å²) in [4.78, 5) is 23.0. The Labute approximate surface area is 129 Å². The Morgan fingerprint density at radius 2 is 2.19 bits per heavy atom. The predicted octanol–water partition coefficient (Wildman–Crippen LogP) is 3.63. The predicted molar refractivity (Wildman–Crippen MR) is 79.6 cm³/mol. The zero-order valence-electron chi connectivity index (χ0n) is 12.4. The second kappa shape index (κ2) is 6.48. The largest absolute Gasteiger partial charge is 0.465 e. The molecule has 1 atom stereocenters. The van der Waals surface area contributed by atoms with Gasteiger partial charge in [0.2, 0.25) is 0 Å². The van der Waals surface area contributed by atoms with Gasteiger partial charge in [0.05, 0.1) is 19.4 Å². The molecule has 0 aromatic heterocycles.